The van der Waals surface area contributed by atoms with Crippen molar-refractivity contribution in [2.45, 2.75) is 30.9 Å². The van der Waals surface area contributed by atoms with Crippen molar-refractivity contribution in [1.29, 1.82) is 0 Å². The van der Waals surface area contributed by atoms with Gasteiger partial charge in [-0.1, -0.05) is 24.3 Å². The number of nitrogens with zero attached hydrogens (tertiary/aromatic N) is 1. The van der Waals surface area contributed by atoms with Gasteiger partial charge in [-0.3, -0.25) is 4.79 Å². The van der Waals surface area contributed by atoms with E-state index >= 15 is 0 Å². The van der Waals surface area contributed by atoms with Gasteiger partial charge in [0, 0.05) is 36.1 Å². The Labute approximate surface area is 192 Å². The smallest absolute Gasteiger partial charge is 0.381 e. The van der Waals surface area contributed by atoms with E-state index in [-0.39, 0.29) is 18.1 Å². The molecule has 33 heavy (non-hydrogen) atoms. The Balaban J connectivity index is 1.40. The molecule has 1 aliphatic heterocycles. The molecule has 0 bridgehead atoms. The molecule has 1 saturated heterocycles. The first-order valence-corrected chi connectivity index (χ1v) is 11.4. The molecule has 0 spiro atoms. The number of aromatic nitrogens is 1. The van der Waals surface area contributed by atoms with E-state index in [1.54, 1.807) is 11.4 Å². The second-order valence-corrected chi connectivity index (χ2v) is 8.93. The molecule has 1 amide bonds. The van der Waals surface area contributed by atoms with Crippen LogP contribution < -0.4 is 5.32 Å². The molecule has 4 rings (SSSR count). The van der Waals surface area contributed by atoms with Gasteiger partial charge in [0.15, 0.2) is 0 Å². The summed E-state index contributed by atoms with van der Waals surface area (Å²) in [5, 5.41) is 5.23. The Bertz CT molecular complexity index is 1110. The lowest BCUT2D eigenvalue weighted by molar-refractivity contribution is -0.137. The third-order valence-corrected chi connectivity index (χ3v) is 6.80. The predicted molar refractivity (Wildman–Crippen MR) is 117 cm³/mol. The SMILES string of the molecule is O=C(Cc1csc(-c2ccc(C(F)(F)F)cc2)n1)NCC1(c2cccc(F)c2)CCOCC1. The van der Waals surface area contributed by atoms with Crippen LogP contribution in [0.15, 0.2) is 53.9 Å². The zero-order chi connectivity index (χ0) is 23.5. The van der Waals surface area contributed by atoms with Crippen LogP contribution in [0.5, 0.6) is 0 Å². The Hall–Kier alpha value is -2.78. The highest BCUT2D eigenvalue weighted by atomic mass is 32.1. The second-order valence-electron chi connectivity index (χ2n) is 8.08. The lowest BCUT2D eigenvalue weighted by Crippen LogP contribution is -2.45. The van der Waals surface area contributed by atoms with E-state index in [9.17, 15) is 22.4 Å². The monoisotopic (exact) mass is 478 g/mol. The van der Waals surface area contributed by atoms with E-state index in [1.165, 1.54) is 35.6 Å². The van der Waals surface area contributed by atoms with Gasteiger partial charge < -0.3 is 10.1 Å². The van der Waals surface area contributed by atoms with Crippen molar-refractivity contribution in [2.75, 3.05) is 19.8 Å². The molecule has 0 atom stereocenters. The van der Waals surface area contributed by atoms with Gasteiger partial charge in [0.25, 0.3) is 0 Å². The maximum Gasteiger partial charge on any atom is 0.416 e. The third-order valence-electron chi connectivity index (χ3n) is 5.86. The van der Waals surface area contributed by atoms with Crippen LogP contribution in [0.1, 0.15) is 29.7 Å². The largest absolute Gasteiger partial charge is 0.416 e. The first kappa shape index (κ1) is 23.4. The van der Waals surface area contributed by atoms with Crippen molar-refractivity contribution in [2.24, 2.45) is 0 Å². The summed E-state index contributed by atoms with van der Waals surface area (Å²) in [5.74, 6) is -0.537. The lowest BCUT2D eigenvalue weighted by Gasteiger charge is -2.38. The number of nitrogens with one attached hydrogen (secondary N) is 1. The van der Waals surface area contributed by atoms with Gasteiger partial charge in [-0.2, -0.15) is 13.2 Å². The molecule has 174 valence electrons. The van der Waals surface area contributed by atoms with Crippen LogP contribution in [-0.2, 0) is 27.5 Å². The first-order valence-electron chi connectivity index (χ1n) is 10.5. The minimum absolute atomic E-state index is 0.0485. The van der Waals surface area contributed by atoms with Gasteiger partial charge >= 0.3 is 6.18 Å². The summed E-state index contributed by atoms with van der Waals surface area (Å²) in [5.41, 5.74) is 0.821. The number of hydrogen-bond acceptors (Lipinski definition) is 4. The summed E-state index contributed by atoms with van der Waals surface area (Å²) in [6.45, 7) is 1.43. The first-order chi connectivity index (χ1) is 15.7. The molecule has 4 nitrogen and oxygen atoms in total. The van der Waals surface area contributed by atoms with Crippen molar-refractivity contribution in [3.63, 3.8) is 0 Å². The van der Waals surface area contributed by atoms with Crippen molar-refractivity contribution < 1.29 is 27.1 Å². The van der Waals surface area contributed by atoms with Crippen molar-refractivity contribution >= 4 is 17.2 Å². The molecule has 1 aromatic heterocycles. The van der Waals surface area contributed by atoms with Crippen LogP contribution in [0.25, 0.3) is 10.6 Å². The fraction of sp³-hybridized carbons (Fsp3) is 0.333. The van der Waals surface area contributed by atoms with Gasteiger partial charge in [0.05, 0.1) is 17.7 Å². The zero-order valence-corrected chi connectivity index (χ0v) is 18.4. The zero-order valence-electron chi connectivity index (χ0n) is 17.6. The van der Waals surface area contributed by atoms with E-state index in [4.69, 9.17) is 4.74 Å². The second kappa shape index (κ2) is 9.61. The number of ether oxygens (including phenoxy) is 1. The molecule has 0 saturated carbocycles. The van der Waals surface area contributed by atoms with Gasteiger partial charge in [0.1, 0.15) is 10.8 Å². The van der Waals surface area contributed by atoms with Crippen LogP contribution >= 0.6 is 11.3 Å². The highest BCUT2D eigenvalue weighted by Gasteiger charge is 2.35. The molecule has 1 fully saturated rings. The summed E-state index contributed by atoms with van der Waals surface area (Å²) in [4.78, 5) is 17.0. The molecule has 9 heteroatoms. The Morgan fingerprint density at radius 3 is 2.52 bits per heavy atom. The number of halogens is 4. The molecule has 1 N–H and O–H groups in total. The van der Waals surface area contributed by atoms with Crippen LogP contribution in [0, 0.1) is 5.82 Å². The third kappa shape index (κ3) is 5.59. The average molecular weight is 479 g/mol. The molecule has 3 aromatic rings. The molecule has 2 heterocycles. The molecule has 0 radical (unpaired) electrons. The molecule has 1 aliphatic rings. The predicted octanol–water partition coefficient (Wildman–Crippen LogP) is 5.38. The number of carbonyl (C=O) groups excluding carboxylic acids is 1. The fourth-order valence-electron chi connectivity index (χ4n) is 3.97. The Morgan fingerprint density at radius 2 is 1.85 bits per heavy atom. The number of thiazole rings is 1. The Morgan fingerprint density at radius 1 is 1.12 bits per heavy atom. The summed E-state index contributed by atoms with van der Waals surface area (Å²) in [6, 6.07) is 11.2. The fourth-order valence-corrected chi connectivity index (χ4v) is 4.79. The summed E-state index contributed by atoms with van der Waals surface area (Å²) < 4.78 is 57.5. The molecule has 2 aromatic carbocycles. The quantitative estimate of drug-likeness (QED) is 0.485. The van der Waals surface area contributed by atoms with E-state index < -0.39 is 17.2 Å². The maximum absolute atomic E-state index is 13.8. The van der Waals surface area contributed by atoms with Crippen LogP contribution in [0.4, 0.5) is 17.6 Å². The minimum atomic E-state index is -4.39. The summed E-state index contributed by atoms with van der Waals surface area (Å²) in [7, 11) is 0. The minimum Gasteiger partial charge on any atom is -0.381 e. The molecular weight excluding hydrogens is 456 g/mol. The van der Waals surface area contributed by atoms with Gasteiger partial charge in [-0.15, -0.1) is 11.3 Å². The van der Waals surface area contributed by atoms with Crippen LogP contribution in [0.2, 0.25) is 0 Å². The maximum atomic E-state index is 13.8. The van der Waals surface area contributed by atoms with Crippen LogP contribution in [-0.4, -0.2) is 30.6 Å². The van der Waals surface area contributed by atoms with Crippen molar-refractivity contribution in [3.8, 4) is 10.6 Å². The highest BCUT2D eigenvalue weighted by molar-refractivity contribution is 7.13. The summed E-state index contributed by atoms with van der Waals surface area (Å²) >= 11 is 1.27. The topological polar surface area (TPSA) is 51.2 Å². The van der Waals surface area contributed by atoms with Gasteiger partial charge in [-0.05, 0) is 42.7 Å². The number of carbonyl (C=O) groups is 1. The van der Waals surface area contributed by atoms with E-state index in [0.29, 0.717) is 48.9 Å². The number of benzene rings is 2. The van der Waals surface area contributed by atoms with Crippen molar-refractivity contribution in [3.05, 3.63) is 76.5 Å². The molecule has 0 unspecified atom stereocenters. The number of rotatable bonds is 6. The van der Waals surface area contributed by atoms with Crippen molar-refractivity contribution in [1.82, 2.24) is 10.3 Å². The van der Waals surface area contributed by atoms with E-state index in [2.05, 4.69) is 10.3 Å². The average Bonchev–Trinajstić information content (AvgIpc) is 3.26. The molecule has 0 aliphatic carbocycles. The van der Waals surface area contributed by atoms with Gasteiger partial charge in [-0.25, -0.2) is 9.37 Å². The summed E-state index contributed by atoms with van der Waals surface area (Å²) in [6.07, 6.45) is -3.00. The highest BCUT2D eigenvalue weighted by Crippen LogP contribution is 2.35. The normalized spacial score (nSPS) is 15.9. The van der Waals surface area contributed by atoms with E-state index in [0.717, 1.165) is 17.7 Å². The standard InChI is InChI=1S/C24H22F4N2O2S/c25-19-3-1-2-18(12-19)23(8-10-32-11-9-23)15-29-21(31)13-20-14-33-22(30-20)16-4-6-17(7-5-16)24(26,27)28/h1-7,12,14H,8-11,13,15H2,(H,29,31). The number of amides is 1. The Kier molecular flexibility index (Phi) is 6.81. The van der Waals surface area contributed by atoms with Gasteiger partial charge in [0.2, 0.25) is 5.91 Å². The number of alkyl halides is 3. The lowest BCUT2D eigenvalue weighted by atomic mass is 9.74. The molecular formula is C24H22F4N2O2S. The van der Waals surface area contributed by atoms with Crippen LogP contribution in [0.3, 0.4) is 0 Å². The number of hydrogen-bond donors (Lipinski definition) is 1. The van der Waals surface area contributed by atoms with E-state index in [1.807, 2.05) is 6.07 Å².